The van der Waals surface area contributed by atoms with Gasteiger partial charge < -0.3 is 10.6 Å². The monoisotopic (exact) mass is 347 g/mol. The summed E-state index contributed by atoms with van der Waals surface area (Å²) in [5.74, 6) is -0.251. The summed E-state index contributed by atoms with van der Waals surface area (Å²) in [7, 11) is -3.96. The van der Waals surface area contributed by atoms with Gasteiger partial charge in [0.1, 0.15) is 0 Å². The molecule has 0 aromatic heterocycles. The van der Waals surface area contributed by atoms with Crippen molar-refractivity contribution in [3.63, 3.8) is 0 Å². The normalized spacial score (nSPS) is 10.8. The number of sulfonamides is 1. The quantitative estimate of drug-likeness (QED) is 0.790. The van der Waals surface area contributed by atoms with Gasteiger partial charge in [0.25, 0.3) is 10.0 Å². The average Bonchev–Trinajstić information content (AvgIpc) is 2.46. The van der Waals surface area contributed by atoms with Crippen LogP contribution in [-0.2, 0) is 14.8 Å². The van der Waals surface area contributed by atoms with Crippen LogP contribution in [0.1, 0.15) is 12.5 Å². The van der Waals surface area contributed by atoms with Crippen molar-refractivity contribution < 1.29 is 18.0 Å². The highest BCUT2D eigenvalue weighted by atomic mass is 32.2. The molecule has 8 heteroatoms. The smallest absolute Gasteiger partial charge is 0.326 e. The summed E-state index contributed by atoms with van der Waals surface area (Å²) in [5.41, 5.74) is 1.74. The Bertz CT molecular complexity index is 861. The van der Waals surface area contributed by atoms with Gasteiger partial charge in [0, 0.05) is 18.3 Å². The first-order valence-corrected chi connectivity index (χ1v) is 8.53. The fourth-order valence-electron chi connectivity index (χ4n) is 1.93. The number of nitrogens with one attached hydrogen (secondary N) is 3. The third kappa shape index (κ3) is 4.82. The number of rotatable bonds is 4. The number of hydrogen-bond acceptors (Lipinski definition) is 4. The number of carbonyl (C=O) groups is 2. The van der Waals surface area contributed by atoms with Crippen LogP contribution in [0.4, 0.5) is 16.2 Å². The molecule has 0 fully saturated rings. The maximum atomic E-state index is 12.1. The Morgan fingerprint density at radius 3 is 2.08 bits per heavy atom. The summed E-state index contributed by atoms with van der Waals surface area (Å²) in [5, 5.41) is 4.98. The molecule has 0 radical (unpaired) electrons. The Kier molecular flexibility index (Phi) is 5.20. The van der Waals surface area contributed by atoms with Crippen molar-refractivity contribution in [2.24, 2.45) is 0 Å². The van der Waals surface area contributed by atoms with Crippen LogP contribution in [0.15, 0.2) is 53.4 Å². The van der Waals surface area contributed by atoms with Crippen LogP contribution in [-0.4, -0.2) is 20.4 Å². The van der Waals surface area contributed by atoms with Crippen LogP contribution in [0.3, 0.4) is 0 Å². The lowest BCUT2D eigenvalue weighted by molar-refractivity contribution is -0.114. The van der Waals surface area contributed by atoms with E-state index in [9.17, 15) is 18.0 Å². The molecule has 0 aliphatic carbocycles. The van der Waals surface area contributed by atoms with E-state index in [0.29, 0.717) is 11.4 Å². The lowest BCUT2D eigenvalue weighted by Gasteiger charge is -2.10. The third-order valence-electron chi connectivity index (χ3n) is 3.00. The highest BCUT2D eigenvalue weighted by molar-refractivity contribution is 7.90. The van der Waals surface area contributed by atoms with Gasteiger partial charge in [-0.3, -0.25) is 4.79 Å². The molecule has 0 bridgehead atoms. The largest absolute Gasteiger partial charge is 0.333 e. The highest BCUT2D eigenvalue weighted by Gasteiger charge is 2.17. The van der Waals surface area contributed by atoms with E-state index in [1.54, 1.807) is 30.3 Å². The minimum Gasteiger partial charge on any atom is -0.326 e. The maximum Gasteiger partial charge on any atom is 0.333 e. The number of amides is 3. The van der Waals surface area contributed by atoms with Crippen LogP contribution in [0.25, 0.3) is 0 Å². The second kappa shape index (κ2) is 7.14. The molecule has 0 saturated carbocycles. The van der Waals surface area contributed by atoms with Gasteiger partial charge in [-0.2, -0.15) is 0 Å². The number of urea groups is 1. The average molecular weight is 347 g/mol. The first-order valence-electron chi connectivity index (χ1n) is 7.04. The van der Waals surface area contributed by atoms with Crippen molar-refractivity contribution >= 4 is 33.3 Å². The van der Waals surface area contributed by atoms with E-state index in [2.05, 4.69) is 10.6 Å². The van der Waals surface area contributed by atoms with E-state index in [1.807, 2.05) is 11.6 Å². The van der Waals surface area contributed by atoms with Gasteiger partial charge in [0.15, 0.2) is 0 Å². The number of benzene rings is 2. The molecule has 0 spiro atoms. The van der Waals surface area contributed by atoms with Crippen LogP contribution in [0.2, 0.25) is 0 Å². The second-order valence-corrected chi connectivity index (χ2v) is 6.82. The van der Waals surface area contributed by atoms with Gasteiger partial charge in [-0.25, -0.2) is 17.9 Å². The Morgan fingerprint density at radius 1 is 0.917 bits per heavy atom. The minimum atomic E-state index is -3.96. The fourth-order valence-corrected chi connectivity index (χ4v) is 2.84. The van der Waals surface area contributed by atoms with Crippen molar-refractivity contribution in [2.75, 3.05) is 10.6 Å². The van der Waals surface area contributed by atoms with Crippen LogP contribution in [0.5, 0.6) is 0 Å². The molecule has 0 aliphatic rings. The van der Waals surface area contributed by atoms with Crippen molar-refractivity contribution in [2.45, 2.75) is 18.7 Å². The first kappa shape index (κ1) is 17.5. The number of aryl methyl sites for hydroxylation is 1. The molecule has 126 valence electrons. The minimum absolute atomic E-state index is 0.00440. The first-order chi connectivity index (χ1) is 11.3. The molecule has 3 amide bonds. The van der Waals surface area contributed by atoms with Gasteiger partial charge >= 0.3 is 6.03 Å². The molecule has 2 aromatic rings. The van der Waals surface area contributed by atoms with Crippen molar-refractivity contribution in [3.05, 3.63) is 54.1 Å². The lowest BCUT2D eigenvalue weighted by atomic mass is 10.2. The molecule has 7 nitrogen and oxygen atoms in total. The molecule has 2 aromatic carbocycles. The Morgan fingerprint density at radius 2 is 1.50 bits per heavy atom. The van der Waals surface area contributed by atoms with Crippen LogP contribution in [0, 0.1) is 6.92 Å². The summed E-state index contributed by atoms with van der Waals surface area (Å²) in [6.45, 7) is 3.19. The molecular weight excluding hydrogens is 330 g/mol. The number of carbonyl (C=O) groups excluding carboxylic acids is 2. The molecular formula is C16H17N3O4S. The van der Waals surface area contributed by atoms with Crippen molar-refractivity contribution in [1.82, 2.24) is 4.72 Å². The predicted molar refractivity (Wildman–Crippen MR) is 91.3 cm³/mol. The molecule has 0 aliphatic heterocycles. The molecule has 24 heavy (non-hydrogen) atoms. The summed E-state index contributed by atoms with van der Waals surface area (Å²) in [4.78, 5) is 22.9. The number of anilines is 2. The van der Waals surface area contributed by atoms with Gasteiger partial charge in [-0.15, -0.1) is 0 Å². The summed E-state index contributed by atoms with van der Waals surface area (Å²) in [6, 6.07) is 11.6. The van der Waals surface area contributed by atoms with Gasteiger partial charge in [0.05, 0.1) is 4.90 Å². The van der Waals surface area contributed by atoms with E-state index >= 15 is 0 Å². The summed E-state index contributed by atoms with van der Waals surface area (Å²) in [6.07, 6.45) is 0. The molecule has 3 N–H and O–H groups in total. The zero-order valence-corrected chi connectivity index (χ0v) is 14.0. The topological polar surface area (TPSA) is 104 Å². The molecule has 0 saturated heterocycles. The number of hydrogen-bond donors (Lipinski definition) is 3. The molecule has 2 rings (SSSR count). The predicted octanol–water partition coefficient (Wildman–Crippen LogP) is 2.46. The zero-order valence-electron chi connectivity index (χ0n) is 13.2. The van der Waals surface area contributed by atoms with E-state index in [1.165, 1.54) is 25.1 Å². The molecule has 0 unspecified atom stereocenters. The van der Waals surface area contributed by atoms with E-state index in [4.69, 9.17) is 0 Å². The van der Waals surface area contributed by atoms with Gasteiger partial charge in [0.2, 0.25) is 5.91 Å². The summed E-state index contributed by atoms with van der Waals surface area (Å²) >= 11 is 0. The molecule has 0 heterocycles. The Hall–Kier alpha value is -2.87. The SMILES string of the molecule is CC(=O)Nc1cccc(NC(=O)NS(=O)(=O)c2ccc(C)cc2)c1. The van der Waals surface area contributed by atoms with E-state index in [-0.39, 0.29) is 10.8 Å². The van der Waals surface area contributed by atoms with E-state index in [0.717, 1.165) is 5.56 Å². The maximum absolute atomic E-state index is 12.1. The van der Waals surface area contributed by atoms with Crippen LogP contribution >= 0.6 is 0 Å². The van der Waals surface area contributed by atoms with Crippen LogP contribution < -0.4 is 15.4 Å². The molecule has 0 atom stereocenters. The summed E-state index contributed by atoms with van der Waals surface area (Å²) < 4.78 is 26.2. The standard InChI is InChI=1S/C16H17N3O4S/c1-11-6-8-15(9-7-11)24(22,23)19-16(21)18-14-5-3-4-13(10-14)17-12(2)20/h3-10H,1-2H3,(H,17,20)(H2,18,19,21). The van der Waals surface area contributed by atoms with Gasteiger partial charge in [-0.05, 0) is 37.3 Å². The lowest BCUT2D eigenvalue weighted by Crippen LogP contribution is -2.34. The Balaban J connectivity index is 2.07. The highest BCUT2D eigenvalue weighted by Crippen LogP contribution is 2.15. The zero-order chi connectivity index (χ0) is 17.7. The second-order valence-electron chi connectivity index (χ2n) is 5.13. The fraction of sp³-hybridized carbons (Fsp3) is 0.125. The Labute approximate surface area is 140 Å². The van der Waals surface area contributed by atoms with Crippen molar-refractivity contribution in [1.29, 1.82) is 0 Å². The van der Waals surface area contributed by atoms with E-state index < -0.39 is 16.1 Å². The van der Waals surface area contributed by atoms with Crippen molar-refractivity contribution in [3.8, 4) is 0 Å². The third-order valence-corrected chi connectivity index (χ3v) is 4.35. The van der Waals surface area contributed by atoms with Gasteiger partial charge in [-0.1, -0.05) is 23.8 Å².